The summed E-state index contributed by atoms with van der Waals surface area (Å²) < 4.78 is 36.3. The lowest BCUT2D eigenvalue weighted by Crippen LogP contribution is -2.15. The minimum absolute atomic E-state index is 0.157. The highest BCUT2D eigenvalue weighted by Gasteiger charge is 2.19. The largest absolute Gasteiger partial charge is 0.507 e. The van der Waals surface area contributed by atoms with Crippen molar-refractivity contribution in [2.45, 2.75) is 4.90 Å². The van der Waals surface area contributed by atoms with Gasteiger partial charge in [0.2, 0.25) is 0 Å². The van der Waals surface area contributed by atoms with E-state index in [0.717, 1.165) is 6.07 Å². The topological polar surface area (TPSA) is 110 Å². The number of phenols is 1. The molecule has 2 N–H and O–H groups in total. The molecule has 8 heteroatoms. The van der Waals surface area contributed by atoms with Crippen LogP contribution < -0.4 is 9.47 Å². The fourth-order valence-corrected chi connectivity index (χ4v) is 4.16. The molecule has 0 spiro atoms. The van der Waals surface area contributed by atoms with Crippen LogP contribution in [0.1, 0.15) is 10.4 Å². The Kier molecular flexibility index (Phi) is 5.41. The molecule has 0 atom stereocenters. The summed E-state index contributed by atoms with van der Waals surface area (Å²) in [7, 11) is -2.14. The second-order valence-electron chi connectivity index (χ2n) is 5.96. The van der Waals surface area contributed by atoms with Crippen molar-refractivity contribution in [3.63, 3.8) is 0 Å². The van der Waals surface area contributed by atoms with Crippen LogP contribution in [-0.2, 0) is 9.84 Å². The maximum absolute atomic E-state index is 12.8. The van der Waals surface area contributed by atoms with Crippen molar-refractivity contribution in [2.75, 3.05) is 19.5 Å². The summed E-state index contributed by atoms with van der Waals surface area (Å²) in [6.07, 6.45) is 0. The van der Waals surface area contributed by atoms with Crippen molar-refractivity contribution < 1.29 is 32.9 Å². The molecule has 28 heavy (non-hydrogen) atoms. The van der Waals surface area contributed by atoms with Crippen LogP contribution in [-0.4, -0.2) is 44.1 Å². The molecule has 3 aromatic carbocycles. The molecule has 3 rings (SSSR count). The van der Waals surface area contributed by atoms with Gasteiger partial charge in [0, 0.05) is 10.8 Å². The summed E-state index contributed by atoms with van der Waals surface area (Å²) >= 11 is 0. The van der Waals surface area contributed by atoms with E-state index in [4.69, 9.17) is 14.6 Å². The number of carbonyl (C=O) groups is 1. The highest BCUT2D eigenvalue weighted by atomic mass is 32.2. The van der Waals surface area contributed by atoms with Crippen LogP contribution in [0.5, 0.6) is 17.2 Å². The molecule has 0 saturated carbocycles. The zero-order valence-electron chi connectivity index (χ0n) is 15.0. The third-order valence-corrected chi connectivity index (χ3v) is 5.95. The van der Waals surface area contributed by atoms with Gasteiger partial charge in [-0.2, -0.15) is 0 Å². The fraction of sp³-hybridized carbons (Fsp3) is 0.150. The summed E-state index contributed by atoms with van der Waals surface area (Å²) in [5.41, 5.74) is -0.318. The second-order valence-corrected chi connectivity index (χ2v) is 8.04. The number of carboxylic acid groups (broad SMARTS) is 1. The molecule has 0 bridgehead atoms. The van der Waals surface area contributed by atoms with E-state index in [1.165, 1.54) is 25.3 Å². The number of methoxy groups -OCH3 is 1. The van der Waals surface area contributed by atoms with Gasteiger partial charge in [-0.15, -0.1) is 0 Å². The molecular weight excluding hydrogens is 384 g/mol. The Morgan fingerprint density at radius 1 is 1.04 bits per heavy atom. The Labute approximate surface area is 161 Å². The van der Waals surface area contributed by atoms with Crippen molar-refractivity contribution in [1.82, 2.24) is 0 Å². The molecule has 0 aliphatic rings. The molecule has 7 nitrogen and oxygen atoms in total. The zero-order chi connectivity index (χ0) is 20.3. The van der Waals surface area contributed by atoms with Crippen LogP contribution in [0.25, 0.3) is 10.8 Å². The molecule has 0 aromatic heterocycles. The summed E-state index contributed by atoms with van der Waals surface area (Å²) in [5, 5.41) is 19.8. The van der Waals surface area contributed by atoms with E-state index in [-0.39, 0.29) is 28.6 Å². The van der Waals surface area contributed by atoms with Crippen LogP contribution in [0.15, 0.2) is 59.5 Å². The van der Waals surface area contributed by atoms with Crippen molar-refractivity contribution in [3.8, 4) is 17.2 Å². The smallest absolute Gasteiger partial charge is 0.339 e. The Balaban J connectivity index is 1.81. The van der Waals surface area contributed by atoms with Crippen LogP contribution in [0.4, 0.5) is 0 Å². The molecule has 0 aliphatic heterocycles. The molecule has 0 saturated heterocycles. The fourth-order valence-electron chi connectivity index (χ4n) is 2.85. The van der Waals surface area contributed by atoms with Crippen LogP contribution in [0, 0.1) is 0 Å². The normalized spacial score (nSPS) is 11.3. The van der Waals surface area contributed by atoms with E-state index >= 15 is 0 Å². The number of benzene rings is 3. The van der Waals surface area contributed by atoms with Crippen LogP contribution in [0.2, 0.25) is 0 Å². The first-order valence-electron chi connectivity index (χ1n) is 8.31. The molecule has 0 unspecified atom stereocenters. The molecule has 0 fully saturated rings. The third-order valence-electron chi connectivity index (χ3n) is 4.22. The van der Waals surface area contributed by atoms with Gasteiger partial charge in [0.1, 0.15) is 29.4 Å². The van der Waals surface area contributed by atoms with Gasteiger partial charge in [-0.25, -0.2) is 13.2 Å². The number of rotatable bonds is 7. The number of hydrogen-bond donors (Lipinski definition) is 2. The highest BCUT2D eigenvalue weighted by Crippen LogP contribution is 2.31. The average molecular weight is 402 g/mol. The lowest BCUT2D eigenvalue weighted by molar-refractivity contribution is 0.0693. The minimum atomic E-state index is -3.66. The van der Waals surface area contributed by atoms with Gasteiger partial charge in [0.25, 0.3) is 0 Å². The van der Waals surface area contributed by atoms with E-state index < -0.39 is 21.6 Å². The number of fused-ring (bicyclic) bond motifs is 1. The number of carboxylic acids is 1. The van der Waals surface area contributed by atoms with Crippen molar-refractivity contribution >= 4 is 26.6 Å². The number of ether oxygens (including phenoxy) is 2. The number of hydrogen-bond acceptors (Lipinski definition) is 6. The Hall–Kier alpha value is -3.26. The molecule has 0 radical (unpaired) electrons. The number of aromatic carboxylic acids is 1. The molecule has 3 aromatic rings. The Bertz CT molecular complexity index is 1140. The first kappa shape index (κ1) is 19.5. The lowest BCUT2D eigenvalue weighted by atomic mass is 10.1. The SMILES string of the molecule is COc1ccc(S(=O)(=O)CCOc2ccc(O)c(C(=O)O)c2)c2ccccc12. The quantitative estimate of drug-likeness (QED) is 0.625. The minimum Gasteiger partial charge on any atom is -0.507 e. The van der Waals surface area contributed by atoms with Gasteiger partial charge >= 0.3 is 5.97 Å². The summed E-state index contributed by atoms with van der Waals surface area (Å²) in [6.45, 7) is -0.174. The summed E-state index contributed by atoms with van der Waals surface area (Å²) in [6, 6.07) is 13.9. The number of aromatic hydroxyl groups is 1. The van der Waals surface area contributed by atoms with Gasteiger partial charge in [-0.1, -0.05) is 24.3 Å². The Morgan fingerprint density at radius 2 is 1.75 bits per heavy atom. The van der Waals surface area contributed by atoms with E-state index in [9.17, 15) is 18.3 Å². The van der Waals surface area contributed by atoms with E-state index in [0.29, 0.717) is 16.5 Å². The highest BCUT2D eigenvalue weighted by molar-refractivity contribution is 7.91. The maximum Gasteiger partial charge on any atom is 0.339 e. The molecule has 0 aliphatic carbocycles. The molecule has 0 heterocycles. The van der Waals surface area contributed by atoms with E-state index in [1.807, 2.05) is 0 Å². The van der Waals surface area contributed by atoms with Crippen molar-refractivity contribution in [2.24, 2.45) is 0 Å². The van der Waals surface area contributed by atoms with Crippen molar-refractivity contribution in [3.05, 3.63) is 60.2 Å². The van der Waals surface area contributed by atoms with Gasteiger partial charge in [0.15, 0.2) is 9.84 Å². The van der Waals surface area contributed by atoms with Gasteiger partial charge < -0.3 is 19.7 Å². The van der Waals surface area contributed by atoms with Crippen LogP contribution in [0.3, 0.4) is 0 Å². The number of sulfone groups is 1. The standard InChI is InChI=1S/C20H18O7S/c1-26-18-8-9-19(15-5-3-2-4-14(15)18)28(24,25)11-10-27-13-6-7-17(21)16(12-13)20(22)23/h2-9,12,21H,10-11H2,1H3,(H,22,23). The summed E-state index contributed by atoms with van der Waals surface area (Å²) in [5.74, 6) is -1.26. The molecule has 0 amide bonds. The molecular formula is C20H18O7S. The van der Waals surface area contributed by atoms with E-state index in [2.05, 4.69) is 0 Å². The Morgan fingerprint density at radius 3 is 2.43 bits per heavy atom. The first-order valence-corrected chi connectivity index (χ1v) is 9.96. The van der Waals surface area contributed by atoms with Crippen LogP contribution >= 0.6 is 0 Å². The van der Waals surface area contributed by atoms with E-state index in [1.54, 1.807) is 30.3 Å². The third kappa shape index (κ3) is 3.86. The summed E-state index contributed by atoms with van der Waals surface area (Å²) in [4.78, 5) is 11.2. The first-order chi connectivity index (χ1) is 13.3. The van der Waals surface area contributed by atoms with Gasteiger partial charge in [0.05, 0.1) is 17.8 Å². The lowest BCUT2D eigenvalue weighted by Gasteiger charge is -2.12. The maximum atomic E-state index is 12.8. The van der Waals surface area contributed by atoms with Crippen molar-refractivity contribution in [1.29, 1.82) is 0 Å². The predicted octanol–water partition coefficient (Wildman–Crippen LogP) is 3.10. The second kappa shape index (κ2) is 7.77. The predicted molar refractivity (Wildman–Crippen MR) is 103 cm³/mol. The average Bonchev–Trinajstić information content (AvgIpc) is 2.68. The zero-order valence-corrected chi connectivity index (χ0v) is 15.8. The monoisotopic (exact) mass is 402 g/mol. The molecule has 146 valence electrons. The van der Waals surface area contributed by atoms with Gasteiger partial charge in [-0.3, -0.25) is 0 Å². The van der Waals surface area contributed by atoms with Gasteiger partial charge in [-0.05, 0) is 30.3 Å².